The summed E-state index contributed by atoms with van der Waals surface area (Å²) in [5.74, 6) is -1.12. The van der Waals surface area contributed by atoms with Crippen LogP contribution < -0.4 is 5.14 Å². The normalized spacial score (nSPS) is 16.4. The molecule has 0 amide bonds. The molecule has 35 heavy (non-hydrogen) atoms. The van der Waals surface area contributed by atoms with Gasteiger partial charge in [-0.2, -0.15) is 13.2 Å². The molecule has 2 aromatic heterocycles. The first-order chi connectivity index (χ1) is 16.4. The molecule has 188 valence electrons. The topological polar surface area (TPSA) is 108 Å². The number of primary sulfonamides is 1. The van der Waals surface area contributed by atoms with Gasteiger partial charge in [0.05, 0.1) is 27.7 Å². The van der Waals surface area contributed by atoms with Crippen molar-refractivity contribution in [2.24, 2.45) is 5.14 Å². The average Bonchev–Trinajstić information content (AvgIpc) is 3.22. The summed E-state index contributed by atoms with van der Waals surface area (Å²) < 4.78 is 84.5. The lowest BCUT2D eigenvalue weighted by Crippen LogP contribution is -2.27. The third kappa shape index (κ3) is 5.97. The highest BCUT2D eigenvalue weighted by Gasteiger charge is 2.40. The molecule has 3 aromatic rings. The first-order valence-corrected chi connectivity index (χ1v) is 13.2. The van der Waals surface area contributed by atoms with E-state index in [1.165, 1.54) is 29.7 Å². The summed E-state index contributed by atoms with van der Waals surface area (Å²) in [6.07, 6.45) is -3.92. The van der Waals surface area contributed by atoms with E-state index in [9.17, 15) is 21.6 Å². The Morgan fingerprint density at radius 3 is 2.54 bits per heavy atom. The number of benzene rings is 1. The molecule has 1 atom stereocenters. The summed E-state index contributed by atoms with van der Waals surface area (Å²) in [4.78, 5) is 13.1. The van der Waals surface area contributed by atoms with Gasteiger partial charge in [-0.1, -0.05) is 12.1 Å². The Bertz CT molecular complexity index is 1330. The van der Waals surface area contributed by atoms with Crippen molar-refractivity contribution in [3.63, 3.8) is 0 Å². The summed E-state index contributed by atoms with van der Waals surface area (Å²) in [6, 6.07) is 5.12. The third-order valence-electron chi connectivity index (χ3n) is 5.52. The van der Waals surface area contributed by atoms with E-state index in [-0.39, 0.29) is 22.5 Å². The van der Waals surface area contributed by atoms with Gasteiger partial charge in [0.2, 0.25) is 15.3 Å². The van der Waals surface area contributed by atoms with Gasteiger partial charge in [-0.15, -0.1) is 11.3 Å². The number of sulfonamides is 1. The number of halogens is 5. The Labute approximate surface area is 207 Å². The molecule has 1 fully saturated rings. The molecule has 0 radical (unpaired) electrons. The maximum atomic E-state index is 15.7. The molecule has 3 heterocycles. The monoisotopic (exact) mass is 550 g/mol. The van der Waals surface area contributed by atoms with Crippen molar-refractivity contribution in [3.05, 3.63) is 52.1 Å². The van der Waals surface area contributed by atoms with E-state index in [1.807, 2.05) is 0 Å². The SMILES string of the molecule is NS(=O)(=O)C(CC(F)(F)F)c1cccc(-c2nc(C3CCOCC3)sc2-c2ccnc(Cl)n2)c1F. The zero-order valence-electron chi connectivity index (χ0n) is 17.9. The number of hydrogen-bond donors (Lipinski definition) is 1. The van der Waals surface area contributed by atoms with Crippen LogP contribution in [0, 0.1) is 5.82 Å². The van der Waals surface area contributed by atoms with Gasteiger partial charge in [-0.05, 0) is 36.6 Å². The highest BCUT2D eigenvalue weighted by Crippen LogP contribution is 2.43. The van der Waals surface area contributed by atoms with Crippen LogP contribution >= 0.6 is 22.9 Å². The van der Waals surface area contributed by atoms with Crippen LogP contribution in [0.25, 0.3) is 21.8 Å². The van der Waals surface area contributed by atoms with Crippen LogP contribution in [0.15, 0.2) is 30.5 Å². The first-order valence-electron chi connectivity index (χ1n) is 10.4. The van der Waals surface area contributed by atoms with E-state index < -0.39 is 39.3 Å². The van der Waals surface area contributed by atoms with Gasteiger partial charge < -0.3 is 4.74 Å². The fourth-order valence-electron chi connectivity index (χ4n) is 3.87. The van der Waals surface area contributed by atoms with Crippen LogP contribution in [0.1, 0.15) is 41.0 Å². The summed E-state index contributed by atoms with van der Waals surface area (Å²) in [5.41, 5.74) is -0.392. The van der Waals surface area contributed by atoms with E-state index >= 15 is 4.39 Å². The van der Waals surface area contributed by atoms with Crippen LogP contribution in [-0.2, 0) is 14.8 Å². The zero-order chi connectivity index (χ0) is 25.4. The van der Waals surface area contributed by atoms with Gasteiger partial charge in [-0.25, -0.2) is 32.9 Å². The van der Waals surface area contributed by atoms with Crippen molar-refractivity contribution >= 4 is 33.0 Å². The number of ether oxygens (including phenoxy) is 1. The Hall–Kier alpha value is -2.19. The smallest absolute Gasteiger partial charge is 0.381 e. The molecule has 1 aliphatic heterocycles. The number of rotatable bonds is 6. The summed E-state index contributed by atoms with van der Waals surface area (Å²) >= 11 is 7.20. The molecule has 1 aliphatic rings. The van der Waals surface area contributed by atoms with Crippen molar-refractivity contribution in [2.45, 2.75) is 36.6 Å². The van der Waals surface area contributed by atoms with Crippen molar-refractivity contribution in [2.75, 3.05) is 13.2 Å². The lowest BCUT2D eigenvalue weighted by Gasteiger charge is -2.19. The maximum absolute atomic E-state index is 15.7. The molecule has 0 bridgehead atoms. The van der Waals surface area contributed by atoms with Crippen LogP contribution in [0.4, 0.5) is 17.6 Å². The minimum atomic E-state index is -4.89. The maximum Gasteiger partial charge on any atom is 0.390 e. The Balaban J connectivity index is 1.88. The lowest BCUT2D eigenvalue weighted by atomic mass is 10.00. The average molecular weight is 551 g/mol. The molecular formula is C21H19ClF4N4O3S2. The molecule has 0 aliphatic carbocycles. The number of nitrogens with zero attached hydrogens (tertiary/aromatic N) is 3. The van der Waals surface area contributed by atoms with Gasteiger partial charge in [-0.3, -0.25) is 0 Å². The number of thiazole rings is 1. The quantitative estimate of drug-likeness (QED) is 0.332. The summed E-state index contributed by atoms with van der Waals surface area (Å²) in [7, 11) is -4.78. The minimum absolute atomic E-state index is 0.0344. The summed E-state index contributed by atoms with van der Waals surface area (Å²) in [5, 5.41) is 3.38. The molecule has 1 saturated heterocycles. The molecule has 1 aromatic carbocycles. The molecular weight excluding hydrogens is 532 g/mol. The standard InChI is InChI=1S/C21H19ClF4N4O3S2/c22-20-28-7-4-14(29-20)18-17(30-19(34-18)11-5-8-33-9-6-11)13-3-1-2-12(16(13)23)15(35(27,31)32)10-21(24,25)26/h1-4,7,11,15H,5-6,8-10H2,(H2,27,31,32). The molecule has 7 nitrogen and oxygen atoms in total. The molecule has 0 saturated carbocycles. The van der Waals surface area contributed by atoms with Crippen LogP contribution in [0.2, 0.25) is 5.28 Å². The highest BCUT2D eigenvalue weighted by atomic mass is 35.5. The molecule has 1 unspecified atom stereocenters. The number of alkyl halides is 3. The van der Waals surface area contributed by atoms with Gasteiger partial charge in [0.25, 0.3) is 0 Å². The van der Waals surface area contributed by atoms with Gasteiger partial charge >= 0.3 is 6.18 Å². The van der Waals surface area contributed by atoms with Crippen molar-refractivity contribution in [3.8, 4) is 21.8 Å². The Morgan fingerprint density at radius 2 is 1.91 bits per heavy atom. The van der Waals surface area contributed by atoms with Gasteiger partial charge in [0.1, 0.15) is 11.1 Å². The van der Waals surface area contributed by atoms with Crippen molar-refractivity contribution in [1.82, 2.24) is 15.0 Å². The Kier molecular flexibility index (Phi) is 7.44. The lowest BCUT2D eigenvalue weighted by molar-refractivity contribution is -0.135. The second kappa shape index (κ2) is 10.1. The van der Waals surface area contributed by atoms with Gasteiger partial charge in [0, 0.05) is 36.5 Å². The molecule has 0 spiro atoms. The number of nitrogens with two attached hydrogens (primary N) is 1. The molecule has 4 rings (SSSR count). The predicted molar refractivity (Wildman–Crippen MR) is 123 cm³/mol. The fraction of sp³-hybridized carbons (Fsp3) is 0.381. The first kappa shape index (κ1) is 25.9. The van der Waals surface area contributed by atoms with E-state index in [2.05, 4.69) is 15.0 Å². The molecule has 14 heteroatoms. The zero-order valence-corrected chi connectivity index (χ0v) is 20.3. The van der Waals surface area contributed by atoms with Crippen LogP contribution in [0.3, 0.4) is 0 Å². The van der Waals surface area contributed by atoms with E-state index in [4.69, 9.17) is 21.5 Å². The van der Waals surface area contributed by atoms with Crippen LogP contribution in [-0.4, -0.2) is 42.8 Å². The second-order valence-corrected chi connectivity index (χ2v) is 11.0. The number of aromatic nitrogens is 3. The third-order valence-corrected chi connectivity index (χ3v) is 8.15. The van der Waals surface area contributed by atoms with Crippen LogP contribution in [0.5, 0.6) is 0 Å². The van der Waals surface area contributed by atoms with E-state index in [1.54, 1.807) is 6.07 Å². The minimum Gasteiger partial charge on any atom is -0.381 e. The predicted octanol–water partition coefficient (Wildman–Crippen LogP) is 5.24. The molecule has 2 N–H and O–H groups in total. The fourth-order valence-corrected chi connectivity index (χ4v) is 6.19. The van der Waals surface area contributed by atoms with Crippen molar-refractivity contribution < 1.29 is 30.7 Å². The number of hydrogen-bond acceptors (Lipinski definition) is 7. The highest BCUT2D eigenvalue weighted by molar-refractivity contribution is 7.89. The van der Waals surface area contributed by atoms with E-state index in [0.29, 0.717) is 41.6 Å². The van der Waals surface area contributed by atoms with Crippen molar-refractivity contribution in [1.29, 1.82) is 0 Å². The van der Waals surface area contributed by atoms with Gasteiger partial charge in [0.15, 0.2) is 0 Å². The summed E-state index contributed by atoms with van der Waals surface area (Å²) in [6.45, 7) is 1.07. The van der Waals surface area contributed by atoms with E-state index in [0.717, 1.165) is 6.07 Å². The Morgan fingerprint density at radius 1 is 1.20 bits per heavy atom. The second-order valence-electron chi connectivity index (χ2n) is 7.93. The largest absolute Gasteiger partial charge is 0.390 e.